The molecule has 1 saturated heterocycles. The number of pyridine rings is 1. The molecule has 31 heavy (non-hydrogen) atoms. The standard InChI is InChI=1S/C26H36N4O/c1-17(2)30-13-12-21(16-30)19-6-8-20(9-7-19)22-14-24(25(27)28-15-22)26(31)29-23-10-4-18(3)5-11-23/h6-9,14-15,17-18,21,23H,4-5,10-13,16H2,1-3H3,(H2,27,28)(H,29,31)/t18-,21-,23+/m0/s1. The van der Waals surface area contributed by atoms with Crippen LogP contribution in [0.25, 0.3) is 11.1 Å². The second kappa shape index (κ2) is 9.39. The van der Waals surface area contributed by atoms with Crippen LogP contribution in [0.15, 0.2) is 36.5 Å². The zero-order valence-corrected chi connectivity index (χ0v) is 19.1. The monoisotopic (exact) mass is 420 g/mol. The summed E-state index contributed by atoms with van der Waals surface area (Å²) in [5.41, 5.74) is 9.92. The van der Waals surface area contributed by atoms with E-state index < -0.39 is 0 Å². The highest BCUT2D eigenvalue weighted by atomic mass is 16.1. The molecule has 2 aromatic rings. The maximum Gasteiger partial charge on any atom is 0.255 e. The highest BCUT2D eigenvalue weighted by molar-refractivity contribution is 5.99. The van der Waals surface area contributed by atoms with Crippen molar-refractivity contribution in [2.24, 2.45) is 5.92 Å². The van der Waals surface area contributed by atoms with E-state index in [1.807, 2.05) is 6.07 Å². The van der Waals surface area contributed by atoms with E-state index >= 15 is 0 Å². The van der Waals surface area contributed by atoms with Crippen LogP contribution in [0.2, 0.25) is 0 Å². The Kier molecular flexibility index (Phi) is 6.61. The molecule has 5 heteroatoms. The summed E-state index contributed by atoms with van der Waals surface area (Å²) in [6.45, 7) is 9.11. The Morgan fingerprint density at radius 3 is 2.45 bits per heavy atom. The van der Waals surface area contributed by atoms with Gasteiger partial charge >= 0.3 is 0 Å². The highest BCUT2D eigenvalue weighted by Crippen LogP contribution is 2.31. The number of nitrogen functional groups attached to an aromatic ring is 1. The van der Waals surface area contributed by atoms with Crippen LogP contribution in [0.5, 0.6) is 0 Å². The van der Waals surface area contributed by atoms with Crippen LogP contribution in [-0.2, 0) is 0 Å². The van der Waals surface area contributed by atoms with Crippen molar-refractivity contribution in [1.29, 1.82) is 0 Å². The highest BCUT2D eigenvalue weighted by Gasteiger charge is 2.25. The van der Waals surface area contributed by atoms with Gasteiger partial charge in [-0.3, -0.25) is 4.79 Å². The summed E-state index contributed by atoms with van der Waals surface area (Å²) in [5, 5.41) is 3.17. The summed E-state index contributed by atoms with van der Waals surface area (Å²) in [7, 11) is 0. The van der Waals surface area contributed by atoms with Crippen LogP contribution >= 0.6 is 0 Å². The molecule has 2 aliphatic rings. The molecular formula is C26H36N4O. The summed E-state index contributed by atoms with van der Waals surface area (Å²) >= 11 is 0. The Morgan fingerprint density at radius 2 is 1.81 bits per heavy atom. The number of hydrogen-bond acceptors (Lipinski definition) is 4. The number of nitrogens with two attached hydrogens (primary N) is 1. The van der Waals surface area contributed by atoms with Crippen LogP contribution < -0.4 is 11.1 Å². The largest absolute Gasteiger partial charge is 0.383 e. The first-order valence-electron chi connectivity index (χ1n) is 11.8. The SMILES string of the molecule is CC(C)N1CC[C@H](c2ccc(-c3cnc(N)c(C(=O)N[C@H]4CC[C@@H](C)CC4)c3)cc2)C1. The fourth-order valence-corrected chi connectivity index (χ4v) is 4.96. The minimum Gasteiger partial charge on any atom is -0.383 e. The molecule has 1 aliphatic heterocycles. The predicted molar refractivity (Wildman–Crippen MR) is 127 cm³/mol. The van der Waals surface area contributed by atoms with Crippen molar-refractivity contribution in [3.05, 3.63) is 47.7 Å². The molecular weight excluding hydrogens is 384 g/mol. The number of rotatable bonds is 5. The van der Waals surface area contributed by atoms with E-state index in [1.54, 1.807) is 6.20 Å². The molecule has 2 fully saturated rings. The molecule has 0 bridgehead atoms. The first kappa shape index (κ1) is 21.8. The number of anilines is 1. The lowest BCUT2D eigenvalue weighted by molar-refractivity contribution is 0.0923. The zero-order chi connectivity index (χ0) is 22.0. The number of hydrogen-bond donors (Lipinski definition) is 2. The summed E-state index contributed by atoms with van der Waals surface area (Å²) in [5.74, 6) is 1.54. The van der Waals surface area contributed by atoms with Gasteiger partial charge in [-0.05, 0) is 81.5 Å². The van der Waals surface area contributed by atoms with Gasteiger partial charge in [-0.15, -0.1) is 0 Å². The van der Waals surface area contributed by atoms with Gasteiger partial charge < -0.3 is 16.0 Å². The van der Waals surface area contributed by atoms with Gasteiger partial charge in [0.2, 0.25) is 0 Å². The molecule has 1 saturated carbocycles. The third-order valence-electron chi connectivity index (χ3n) is 7.18. The number of carbonyl (C=O) groups excluding carboxylic acids is 1. The lowest BCUT2D eigenvalue weighted by atomic mass is 9.87. The summed E-state index contributed by atoms with van der Waals surface area (Å²) < 4.78 is 0. The number of aromatic nitrogens is 1. The number of nitrogens with one attached hydrogen (secondary N) is 1. The number of carbonyl (C=O) groups is 1. The minimum atomic E-state index is -0.109. The van der Waals surface area contributed by atoms with Gasteiger partial charge in [-0.1, -0.05) is 31.2 Å². The zero-order valence-electron chi connectivity index (χ0n) is 19.1. The van der Waals surface area contributed by atoms with Gasteiger partial charge in [-0.25, -0.2) is 4.98 Å². The number of likely N-dealkylation sites (tertiary alicyclic amines) is 1. The van der Waals surface area contributed by atoms with Gasteiger partial charge in [-0.2, -0.15) is 0 Å². The van der Waals surface area contributed by atoms with Crippen molar-refractivity contribution in [2.75, 3.05) is 18.8 Å². The Morgan fingerprint density at radius 1 is 1.10 bits per heavy atom. The summed E-state index contributed by atoms with van der Waals surface area (Å²) in [6.07, 6.45) is 7.39. The Balaban J connectivity index is 1.46. The lowest BCUT2D eigenvalue weighted by Gasteiger charge is -2.27. The molecule has 0 spiro atoms. The number of amides is 1. The lowest BCUT2D eigenvalue weighted by Crippen LogP contribution is -2.37. The van der Waals surface area contributed by atoms with Crippen molar-refractivity contribution in [3.8, 4) is 11.1 Å². The second-order valence-electron chi connectivity index (χ2n) is 9.78. The fraction of sp³-hybridized carbons (Fsp3) is 0.538. The van der Waals surface area contributed by atoms with E-state index in [0.29, 0.717) is 23.3 Å². The molecule has 1 aliphatic carbocycles. The van der Waals surface area contributed by atoms with Gasteiger partial charge in [0.25, 0.3) is 5.91 Å². The smallest absolute Gasteiger partial charge is 0.255 e. The van der Waals surface area contributed by atoms with Crippen molar-refractivity contribution in [1.82, 2.24) is 15.2 Å². The first-order valence-corrected chi connectivity index (χ1v) is 11.8. The summed E-state index contributed by atoms with van der Waals surface area (Å²) in [4.78, 5) is 19.7. The maximum atomic E-state index is 12.9. The van der Waals surface area contributed by atoms with Crippen LogP contribution in [0, 0.1) is 5.92 Å². The Bertz CT molecular complexity index is 900. The average molecular weight is 421 g/mol. The number of nitrogens with zero attached hydrogens (tertiary/aromatic N) is 2. The molecule has 1 aromatic carbocycles. The van der Waals surface area contributed by atoms with Gasteiger partial charge in [0.1, 0.15) is 5.82 Å². The van der Waals surface area contributed by atoms with E-state index in [9.17, 15) is 4.79 Å². The van der Waals surface area contributed by atoms with E-state index in [0.717, 1.165) is 36.4 Å². The van der Waals surface area contributed by atoms with Crippen molar-refractivity contribution in [2.45, 2.75) is 70.9 Å². The average Bonchev–Trinajstić information content (AvgIpc) is 3.26. The second-order valence-corrected chi connectivity index (χ2v) is 9.78. The van der Waals surface area contributed by atoms with E-state index in [-0.39, 0.29) is 11.9 Å². The van der Waals surface area contributed by atoms with Crippen molar-refractivity contribution < 1.29 is 4.79 Å². The Hall–Kier alpha value is -2.40. The molecule has 3 N–H and O–H groups in total. The maximum absolute atomic E-state index is 12.9. The van der Waals surface area contributed by atoms with E-state index in [2.05, 4.69) is 60.2 Å². The van der Waals surface area contributed by atoms with Gasteiger partial charge in [0.15, 0.2) is 0 Å². The van der Waals surface area contributed by atoms with Crippen LogP contribution in [0.1, 0.15) is 74.7 Å². The van der Waals surface area contributed by atoms with Gasteiger partial charge in [0, 0.05) is 30.4 Å². The normalized spacial score (nSPS) is 24.5. The van der Waals surface area contributed by atoms with E-state index in [1.165, 1.54) is 31.4 Å². The molecule has 4 rings (SSSR count). The topological polar surface area (TPSA) is 71.2 Å². The molecule has 5 nitrogen and oxygen atoms in total. The van der Waals surface area contributed by atoms with Crippen LogP contribution in [-0.4, -0.2) is 41.0 Å². The minimum absolute atomic E-state index is 0.109. The third-order valence-corrected chi connectivity index (χ3v) is 7.18. The van der Waals surface area contributed by atoms with E-state index in [4.69, 9.17) is 5.73 Å². The van der Waals surface area contributed by atoms with Crippen molar-refractivity contribution in [3.63, 3.8) is 0 Å². The molecule has 1 aromatic heterocycles. The number of benzene rings is 1. The molecule has 1 amide bonds. The first-order chi connectivity index (χ1) is 14.9. The van der Waals surface area contributed by atoms with Crippen LogP contribution in [0.3, 0.4) is 0 Å². The quantitative estimate of drug-likeness (QED) is 0.726. The molecule has 0 unspecified atom stereocenters. The van der Waals surface area contributed by atoms with Crippen LogP contribution in [0.4, 0.5) is 5.82 Å². The fourth-order valence-electron chi connectivity index (χ4n) is 4.96. The van der Waals surface area contributed by atoms with Crippen molar-refractivity contribution >= 4 is 11.7 Å². The predicted octanol–water partition coefficient (Wildman–Crippen LogP) is 4.84. The summed E-state index contributed by atoms with van der Waals surface area (Å²) in [6, 6.07) is 11.5. The molecule has 0 radical (unpaired) electrons. The van der Waals surface area contributed by atoms with Gasteiger partial charge in [0.05, 0.1) is 5.56 Å². The Labute approximate surface area is 186 Å². The molecule has 2 heterocycles. The third kappa shape index (κ3) is 5.09. The molecule has 166 valence electrons. The molecule has 1 atom stereocenters.